The smallest absolute Gasteiger partial charge is 0.253 e. The fraction of sp³-hybridized carbons (Fsp3) is 0.364. The molecule has 2 aromatic rings. The minimum Gasteiger partial charge on any atom is -0.497 e. The number of anilines is 1. The lowest BCUT2D eigenvalue weighted by Crippen LogP contribution is -2.44. The van der Waals surface area contributed by atoms with E-state index in [1.54, 1.807) is 7.11 Å². The Balaban J connectivity index is 1.55. The summed E-state index contributed by atoms with van der Waals surface area (Å²) in [5.41, 5.74) is 2.81. The predicted octanol–water partition coefficient (Wildman–Crippen LogP) is 2.54. The van der Waals surface area contributed by atoms with E-state index in [9.17, 15) is 9.59 Å². The number of hydrazine groups is 1. The van der Waals surface area contributed by atoms with Crippen LogP contribution in [-0.4, -0.2) is 48.1 Å². The van der Waals surface area contributed by atoms with E-state index in [1.165, 1.54) is 4.90 Å². The van der Waals surface area contributed by atoms with Crippen LogP contribution in [0.4, 0.5) is 5.69 Å². The first kappa shape index (κ1) is 17.4. The minimum atomic E-state index is -0.414. The number of amides is 2. The number of imide groups is 1. The van der Waals surface area contributed by atoms with E-state index in [1.807, 2.05) is 55.5 Å². The number of carbonyl (C=O) groups is 2. The highest BCUT2D eigenvalue weighted by atomic mass is 16.5. The molecule has 3 aliphatic heterocycles. The third-order valence-corrected chi connectivity index (χ3v) is 6.16. The van der Waals surface area contributed by atoms with Gasteiger partial charge in [-0.3, -0.25) is 9.59 Å². The fourth-order valence-electron chi connectivity index (χ4n) is 4.86. The van der Waals surface area contributed by atoms with Gasteiger partial charge in [-0.2, -0.15) is 0 Å². The monoisotopic (exact) mass is 377 g/mol. The van der Waals surface area contributed by atoms with E-state index in [0.717, 1.165) is 36.4 Å². The molecule has 6 heteroatoms. The molecule has 0 bridgehead atoms. The van der Waals surface area contributed by atoms with E-state index in [2.05, 4.69) is 10.0 Å². The molecule has 3 saturated heterocycles. The molecule has 144 valence electrons. The molecule has 28 heavy (non-hydrogen) atoms. The largest absolute Gasteiger partial charge is 0.497 e. The third kappa shape index (κ3) is 2.41. The van der Waals surface area contributed by atoms with E-state index in [-0.39, 0.29) is 23.8 Å². The van der Waals surface area contributed by atoms with Crippen molar-refractivity contribution in [2.45, 2.75) is 25.4 Å². The van der Waals surface area contributed by atoms with Crippen LogP contribution in [0.3, 0.4) is 0 Å². The van der Waals surface area contributed by atoms with Gasteiger partial charge in [0.15, 0.2) is 0 Å². The molecule has 3 fully saturated rings. The Morgan fingerprint density at radius 2 is 1.50 bits per heavy atom. The minimum absolute atomic E-state index is 0.103. The van der Waals surface area contributed by atoms with Crippen LogP contribution in [0.2, 0.25) is 0 Å². The molecular formula is C22H23N3O3. The molecule has 0 unspecified atom stereocenters. The molecule has 5 rings (SSSR count). The van der Waals surface area contributed by atoms with Crippen LogP contribution in [0, 0.1) is 12.8 Å². The molecule has 6 nitrogen and oxygen atoms in total. The van der Waals surface area contributed by atoms with Crippen LogP contribution in [0.15, 0.2) is 48.5 Å². The highest BCUT2D eigenvalue weighted by Crippen LogP contribution is 2.49. The first-order chi connectivity index (χ1) is 13.6. The number of hydrogen-bond acceptors (Lipinski definition) is 5. The molecule has 0 aliphatic carbocycles. The summed E-state index contributed by atoms with van der Waals surface area (Å²) in [7, 11) is 1.64. The highest BCUT2D eigenvalue weighted by Gasteiger charge is 2.62. The molecule has 0 radical (unpaired) electrons. The van der Waals surface area contributed by atoms with Crippen molar-refractivity contribution < 1.29 is 14.3 Å². The first-order valence-corrected chi connectivity index (χ1v) is 9.72. The molecule has 0 spiro atoms. The SMILES string of the molecule is COc1ccc([C@@H]2[C@@H]3C(=O)N(c4ccc(C)cc4)C(=O)[C@@H]3N3CCCN23)cc1. The van der Waals surface area contributed by atoms with Gasteiger partial charge in [-0.1, -0.05) is 29.8 Å². The zero-order chi connectivity index (χ0) is 19.4. The van der Waals surface area contributed by atoms with Gasteiger partial charge in [0.1, 0.15) is 11.8 Å². The molecule has 3 aliphatic rings. The number of ether oxygens (including phenoxy) is 1. The van der Waals surface area contributed by atoms with E-state index in [0.29, 0.717) is 5.69 Å². The number of hydrogen-bond donors (Lipinski definition) is 0. The van der Waals surface area contributed by atoms with Crippen LogP contribution in [0.5, 0.6) is 5.75 Å². The van der Waals surface area contributed by atoms with Gasteiger partial charge in [-0.25, -0.2) is 14.9 Å². The number of nitrogens with zero attached hydrogens (tertiary/aromatic N) is 3. The van der Waals surface area contributed by atoms with Crippen molar-refractivity contribution in [1.82, 2.24) is 10.0 Å². The van der Waals surface area contributed by atoms with Crippen molar-refractivity contribution in [2.24, 2.45) is 5.92 Å². The lowest BCUT2D eigenvalue weighted by Gasteiger charge is -2.29. The Hall–Kier alpha value is -2.70. The Bertz CT molecular complexity index is 925. The van der Waals surface area contributed by atoms with E-state index >= 15 is 0 Å². The maximum Gasteiger partial charge on any atom is 0.253 e. The maximum atomic E-state index is 13.4. The highest BCUT2D eigenvalue weighted by molar-refractivity contribution is 6.24. The molecule has 2 amide bonds. The third-order valence-electron chi connectivity index (χ3n) is 6.16. The van der Waals surface area contributed by atoms with E-state index < -0.39 is 6.04 Å². The van der Waals surface area contributed by atoms with Gasteiger partial charge < -0.3 is 4.74 Å². The molecule has 0 aromatic heterocycles. The molecule has 3 atom stereocenters. The lowest BCUT2D eigenvalue weighted by molar-refractivity contribution is -0.126. The summed E-state index contributed by atoms with van der Waals surface area (Å²) in [6, 6.07) is 14.9. The van der Waals surface area contributed by atoms with Crippen molar-refractivity contribution in [3.8, 4) is 5.75 Å². The Labute approximate surface area is 164 Å². The van der Waals surface area contributed by atoms with Gasteiger partial charge in [0, 0.05) is 13.1 Å². The Kier molecular flexibility index (Phi) is 4.00. The second-order valence-corrected chi connectivity index (χ2v) is 7.72. The van der Waals surface area contributed by atoms with Crippen LogP contribution >= 0.6 is 0 Å². The van der Waals surface area contributed by atoms with Crippen LogP contribution < -0.4 is 9.64 Å². The normalized spacial score (nSPS) is 27.4. The van der Waals surface area contributed by atoms with Gasteiger partial charge in [0.05, 0.1) is 24.8 Å². The molecular weight excluding hydrogens is 354 g/mol. The molecule has 2 aromatic carbocycles. The molecule has 0 N–H and O–H groups in total. The first-order valence-electron chi connectivity index (χ1n) is 9.72. The van der Waals surface area contributed by atoms with Gasteiger partial charge in [0.2, 0.25) is 5.91 Å². The summed E-state index contributed by atoms with van der Waals surface area (Å²) >= 11 is 0. The number of fused-ring (bicyclic) bond motifs is 3. The summed E-state index contributed by atoms with van der Waals surface area (Å²) in [4.78, 5) is 28.2. The van der Waals surface area contributed by atoms with Crippen molar-refractivity contribution in [2.75, 3.05) is 25.1 Å². The quantitative estimate of drug-likeness (QED) is 0.770. The number of rotatable bonds is 3. The van der Waals surface area contributed by atoms with Crippen LogP contribution in [0.25, 0.3) is 0 Å². The zero-order valence-electron chi connectivity index (χ0n) is 16.0. The van der Waals surface area contributed by atoms with Crippen LogP contribution in [-0.2, 0) is 9.59 Å². The number of benzene rings is 2. The van der Waals surface area contributed by atoms with Gasteiger partial charge in [-0.05, 0) is 43.2 Å². The topological polar surface area (TPSA) is 53.1 Å². The van der Waals surface area contributed by atoms with Gasteiger partial charge in [0.25, 0.3) is 5.91 Å². The average Bonchev–Trinajstić information content (AvgIpc) is 3.35. The van der Waals surface area contributed by atoms with Crippen molar-refractivity contribution in [3.05, 3.63) is 59.7 Å². The second kappa shape index (κ2) is 6.43. The average molecular weight is 377 g/mol. The summed E-state index contributed by atoms with van der Waals surface area (Å²) in [5.74, 6) is 0.185. The lowest BCUT2D eigenvalue weighted by atomic mass is 9.90. The number of carbonyl (C=O) groups excluding carboxylic acids is 2. The van der Waals surface area contributed by atoms with Crippen LogP contribution in [0.1, 0.15) is 23.6 Å². The maximum absolute atomic E-state index is 13.4. The Morgan fingerprint density at radius 1 is 0.857 bits per heavy atom. The van der Waals surface area contributed by atoms with Crippen molar-refractivity contribution in [1.29, 1.82) is 0 Å². The van der Waals surface area contributed by atoms with E-state index in [4.69, 9.17) is 4.74 Å². The summed E-state index contributed by atoms with van der Waals surface area (Å²) < 4.78 is 5.27. The standard InChI is InChI=1S/C22H23N3O3/c1-14-4-8-16(9-5-14)25-21(26)18-19(15-6-10-17(28-2)11-7-15)23-12-3-13-24(23)20(18)22(25)27/h4-11,18-20H,3,12-13H2,1-2H3/t18-,19+,20+/m0/s1. The summed E-state index contributed by atoms with van der Waals surface area (Å²) in [5, 5.41) is 4.34. The number of aryl methyl sites for hydroxylation is 1. The number of methoxy groups -OCH3 is 1. The summed E-state index contributed by atoms with van der Waals surface area (Å²) in [6.07, 6.45) is 1.00. The fourth-order valence-corrected chi connectivity index (χ4v) is 4.86. The summed E-state index contributed by atoms with van der Waals surface area (Å²) in [6.45, 7) is 3.68. The zero-order valence-corrected chi connectivity index (χ0v) is 16.0. The predicted molar refractivity (Wildman–Crippen MR) is 105 cm³/mol. The van der Waals surface area contributed by atoms with Crippen molar-refractivity contribution in [3.63, 3.8) is 0 Å². The molecule has 3 heterocycles. The molecule has 0 saturated carbocycles. The second-order valence-electron chi connectivity index (χ2n) is 7.72. The Morgan fingerprint density at radius 3 is 2.14 bits per heavy atom. The van der Waals surface area contributed by atoms with Gasteiger partial charge in [-0.15, -0.1) is 0 Å². The van der Waals surface area contributed by atoms with Crippen molar-refractivity contribution >= 4 is 17.5 Å². The van der Waals surface area contributed by atoms with Gasteiger partial charge >= 0.3 is 0 Å².